The van der Waals surface area contributed by atoms with Crippen molar-refractivity contribution in [2.24, 2.45) is 5.41 Å². The standard InChI is InChI=1S/C26H35N.C3H7N/c1-19-13-20(2)15-23(14-19)8-7-22-9-10-25-18-27(12-11-24(25)16-22)21(3)17-26(4,5)6;1-2-3-4/h9-10,13-16H,3,7-8,11-12,17-18H2,1-2,4-6H3;3-4H,2H2,1H3. The van der Waals surface area contributed by atoms with Gasteiger partial charge in [0.25, 0.3) is 0 Å². The highest BCUT2D eigenvalue weighted by Crippen LogP contribution is 2.29. The van der Waals surface area contributed by atoms with Crippen molar-refractivity contribution in [1.82, 2.24) is 4.90 Å². The molecule has 0 saturated carbocycles. The van der Waals surface area contributed by atoms with Gasteiger partial charge in [0, 0.05) is 18.8 Å². The fraction of sp³-hybridized carbons (Fsp3) is 0.483. The summed E-state index contributed by atoms with van der Waals surface area (Å²) in [6.45, 7) is 19.7. The number of fused-ring (bicyclic) bond motifs is 1. The zero-order valence-corrected chi connectivity index (χ0v) is 20.6. The Hall–Kier alpha value is -2.35. The van der Waals surface area contributed by atoms with Crippen LogP contribution in [0.3, 0.4) is 0 Å². The highest BCUT2D eigenvalue weighted by atomic mass is 15.1. The minimum atomic E-state index is 0.301. The van der Waals surface area contributed by atoms with E-state index in [0.717, 1.165) is 45.2 Å². The molecule has 0 bridgehead atoms. The lowest BCUT2D eigenvalue weighted by Gasteiger charge is -2.35. The second kappa shape index (κ2) is 11.3. The smallest absolute Gasteiger partial charge is 0.0429 e. The first-order valence-corrected chi connectivity index (χ1v) is 11.7. The van der Waals surface area contributed by atoms with Crippen LogP contribution < -0.4 is 0 Å². The second-order valence-electron chi connectivity index (χ2n) is 10.2. The van der Waals surface area contributed by atoms with Crippen LogP contribution in [-0.2, 0) is 25.8 Å². The van der Waals surface area contributed by atoms with Crippen LogP contribution in [0.25, 0.3) is 0 Å². The predicted octanol–water partition coefficient (Wildman–Crippen LogP) is 7.44. The third kappa shape index (κ3) is 8.36. The average molecular weight is 419 g/mol. The maximum absolute atomic E-state index is 6.33. The molecule has 3 rings (SSSR count). The molecule has 0 atom stereocenters. The van der Waals surface area contributed by atoms with Crippen LogP contribution >= 0.6 is 0 Å². The van der Waals surface area contributed by atoms with E-state index in [1.165, 1.54) is 45.3 Å². The molecule has 0 saturated heterocycles. The molecule has 1 heterocycles. The zero-order valence-electron chi connectivity index (χ0n) is 20.6. The SMILES string of the molecule is C=C(CC(C)(C)C)N1CCc2cc(CCc3cc(C)cc(C)c3)ccc2C1.CCC=N. The first kappa shape index (κ1) is 24.9. The molecule has 0 aliphatic carbocycles. The molecule has 0 unspecified atom stereocenters. The number of hydrogen-bond acceptors (Lipinski definition) is 2. The number of aryl methyl sites for hydroxylation is 4. The van der Waals surface area contributed by atoms with E-state index in [2.05, 4.69) is 82.5 Å². The lowest BCUT2D eigenvalue weighted by molar-refractivity contribution is 0.274. The number of benzene rings is 2. The van der Waals surface area contributed by atoms with E-state index in [1.54, 1.807) is 0 Å². The van der Waals surface area contributed by atoms with E-state index in [4.69, 9.17) is 5.41 Å². The van der Waals surface area contributed by atoms with Gasteiger partial charge in [0.2, 0.25) is 0 Å². The van der Waals surface area contributed by atoms with Gasteiger partial charge in [-0.15, -0.1) is 0 Å². The molecule has 0 radical (unpaired) electrons. The van der Waals surface area contributed by atoms with Crippen LogP contribution in [0.2, 0.25) is 0 Å². The number of rotatable bonds is 6. The van der Waals surface area contributed by atoms with Crippen molar-refractivity contribution in [1.29, 1.82) is 5.41 Å². The topological polar surface area (TPSA) is 27.1 Å². The fourth-order valence-corrected chi connectivity index (χ4v) is 4.26. The van der Waals surface area contributed by atoms with Gasteiger partial charge in [-0.25, -0.2) is 0 Å². The highest BCUT2D eigenvalue weighted by molar-refractivity contribution is 5.51. The van der Waals surface area contributed by atoms with Crippen molar-refractivity contribution >= 4 is 6.21 Å². The molecule has 2 aromatic rings. The minimum absolute atomic E-state index is 0.301. The van der Waals surface area contributed by atoms with Gasteiger partial charge in [-0.1, -0.05) is 81.8 Å². The van der Waals surface area contributed by atoms with Gasteiger partial charge in [-0.05, 0) is 79.8 Å². The molecule has 168 valence electrons. The molecule has 2 aromatic carbocycles. The van der Waals surface area contributed by atoms with E-state index in [-0.39, 0.29) is 0 Å². The van der Waals surface area contributed by atoms with E-state index < -0.39 is 0 Å². The van der Waals surface area contributed by atoms with E-state index in [1.807, 2.05) is 6.92 Å². The monoisotopic (exact) mass is 418 g/mol. The summed E-state index contributed by atoms with van der Waals surface area (Å²) in [5.41, 5.74) is 10.3. The molecule has 0 spiro atoms. The molecule has 1 aliphatic heterocycles. The van der Waals surface area contributed by atoms with Gasteiger partial charge in [-0.2, -0.15) is 0 Å². The Morgan fingerprint density at radius 1 is 1.00 bits per heavy atom. The second-order valence-corrected chi connectivity index (χ2v) is 10.2. The van der Waals surface area contributed by atoms with E-state index >= 15 is 0 Å². The van der Waals surface area contributed by atoms with E-state index in [0.29, 0.717) is 5.41 Å². The van der Waals surface area contributed by atoms with Gasteiger partial charge in [0.05, 0.1) is 0 Å². The van der Waals surface area contributed by atoms with Crippen molar-refractivity contribution in [2.75, 3.05) is 6.54 Å². The van der Waals surface area contributed by atoms with Crippen molar-refractivity contribution in [2.45, 2.75) is 80.2 Å². The largest absolute Gasteiger partial charge is 0.371 e. The van der Waals surface area contributed by atoms with Crippen LogP contribution in [-0.4, -0.2) is 17.7 Å². The maximum Gasteiger partial charge on any atom is 0.0429 e. The molecule has 31 heavy (non-hydrogen) atoms. The summed E-state index contributed by atoms with van der Waals surface area (Å²) in [6.07, 6.45) is 6.68. The maximum atomic E-state index is 6.33. The summed E-state index contributed by atoms with van der Waals surface area (Å²) in [6, 6.07) is 14.0. The van der Waals surface area contributed by atoms with Crippen molar-refractivity contribution in [3.05, 3.63) is 82.1 Å². The molecule has 0 fully saturated rings. The van der Waals surface area contributed by atoms with Gasteiger partial charge in [-0.3, -0.25) is 0 Å². The molecule has 0 aromatic heterocycles. The predicted molar refractivity (Wildman–Crippen MR) is 136 cm³/mol. The third-order valence-electron chi connectivity index (χ3n) is 5.65. The zero-order chi connectivity index (χ0) is 23.0. The van der Waals surface area contributed by atoms with Crippen LogP contribution in [0.1, 0.15) is 73.9 Å². The number of nitrogens with one attached hydrogen (secondary N) is 1. The van der Waals surface area contributed by atoms with Gasteiger partial charge in [0.15, 0.2) is 0 Å². The Balaban J connectivity index is 0.000000785. The summed E-state index contributed by atoms with van der Waals surface area (Å²) in [4.78, 5) is 2.47. The molecular weight excluding hydrogens is 376 g/mol. The number of nitrogens with zero attached hydrogens (tertiary/aromatic N) is 1. The van der Waals surface area contributed by atoms with Crippen molar-refractivity contribution < 1.29 is 0 Å². The number of allylic oxidation sites excluding steroid dienone is 1. The highest BCUT2D eigenvalue weighted by Gasteiger charge is 2.21. The Labute approximate surface area is 190 Å². The summed E-state index contributed by atoms with van der Waals surface area (Å²) in [5.74, 6) is 0. The molecule has 2 heteroatoms. The van der Waals surface area contributed by atoms with Crippen LogP contribution in [0.5, 0.6) is 0 Å². The van der Waals surface area contributed by atoms with Crippen LogP contribution in [0.15, 0.2) is 48.7 Å². The Morgan fingerprint density at radius 3 is 2.19 bits per heavy atom. The summed E-state index contributed by atoms with van der Waals surface area (Å²) < 4.78 is 0. The molecule has 1 N–H and O–H groups in total. The lowest BCUT2D eigenvalue weighted by Crippen LogP contribution is -2.31. The Kier molecular flexibility index (Phi) is 9.10. The quantitative estimate of drug-likeness (QED) is 0.485. The van der Waals surface area contributed by atoms with E-state index in [9.17, 15) is 0 Å². The fourth-order valence-electron chi connectivity index (χ4n) is 4.26. The normalized spacial score (nSPS) is 13.2. The van der Waals surface area contributed by atoms with Gasteiger partial charge in [0.1, 0.15) is 0 Å². The minimum Gasteiger partial charge on any atom is -0.371 e. The van der Waals surface area contributed by atoms with Crippen molar-refractivity contribution in [3.8, 4) is 0 Å². The summed E-state index contributed by atoms with van der Waals surface area (Å²) in [5, 5.41) is 6.33. The van der Waals surface area contributed by atoms with Crippen LogP contribution in [0, 0.1) is 24.7 Å². The molecule has 1 aliphatic rings. The molecule has 0 amide bonds. The summed E-state index contributed by atoms with van der Waals surface area (Å²) >= 11 is 0. The van der Waals surface area contributed by atoms with Crippen LogP contribution in [0.4, 0.5) is 0 Å². The molecule has 2 nitrogen and oxygen atoms in total. The average Bonchev–Trinajstić information content (AvgIpc) is 2.70. The van der Waals surface area contributed by atoms with Gasteiger partial charge < -0.3 is 10.3 Å². The first-order chi connectivity index (χ1) is 14.6. The Bertz CT molecular complexity index is 866. The van der Waals surface area contributed by atoms with Gasteiger partial charge >= 0.3 is 0 Å². The van der Waals surface area contributed by atoms with Crippen molar-refractivity contribution in [3.63, 3.8) is 0 Å². The summed E-state index contributed by atoms with van der Waals surface area (Å²) in [7, 11) is 0. The molecular formula is C29H42N2. The first-order valence-electron chi connectivity index (χ1n) is 11.7. The third-order valence-corrected chi connectivity index (χ3v) is 5.65. The Morgan fingerprint density at radius 2 is 1.61 bits per heavy atom. The lowest BCUT2D eigenvalue weighted by atomic mass is 9.89. The number of hydrogen-bond donors (Lipinski definition) is 1.